The smallest absolute Gasteiger partial charge is 0.124 e. The van der Waals surface area contributed by atoms with Gasteiger partial charge in [-0.1, -0.05) is 35.9 Å². The van der Waals surface area contributed by atoms with Crippen molar-refractivity contribution in [3.8, 4) is 11.5 Å². The van der Waals surface area contributed by atoms with Crippen LogP contribution in [0.3, 0.4) is 0 Å². The Kier molecular flexibility index (Phi) is 5.23. The molecular weight excluding hydrogens is 262 g/mol. The predicted molar refractivity (Wildman–Crippen MR) is 86.0 cm³/mol. The Morgan fingerprint density at radius 1 is 0.905 bits per heavy atom. The van der Waals surface area contributed by atoms with E-state index in [9.17, 15) is 0 Å². The fraction of sp³-hybridized carbons (Fsp3) is 0.333. The maximum absolute atomic E-state index is 6.49. The Morgan fingerprint density at radius 2 is 1.52 bits per heavy atom. The Hall–Kier alpha value is -2.00. The lowest BCUT2D eigenvalue weighted by atomic mass is 9.96. The molecule has 0 aromatic heterocycles. The van der Waals surface area contributed by atoms with E-state index in [1.54, 1.807) is 0 Å². The molecule has 3 nitrogen and oxygen atoms in total. The van der Waals surface area contributed by atoms with E-state index < -0.39 is 0 Å². The van der Waals surface area contributed by atoms with Gasteiger partial charge in [0.15, 0.2) is 0 Å². The Morgan fingerprint density at radius 3 is 2.19 bits per heavy atom. The summed E-state index contributed by atoms with van der Waals surface area (Å²) in [5.41, 5.74) is 9.62. The third-order valence-electron chi connectivity index (χ3n) is 3.35. The van der Waals surface area contributed by atoms with E-state index in [4.69, 9.17) is 15.2 Å². The SMILES string of the molecule is CCOc1ccccc1C(N)c1cc(C)ccc1OCC. The molecular formula is C18H23NO2. The van der Waals surface area contributed by atoms with Gasteiger partial charge in [0.2, 0.25) is 0 Å². The molecule has 0 fully saturated rings. The highest BCUT2D eigenvalue weighted by Crippen LogP contribution is 2.33. The Balaban J connectivity index is 2.44. The summed E-state index contributed by atoms with van der Waals surface area (Å²) in [7, 11) is 0. The molecule has 3 heteroatoms. The normalized spacial score (nSPS) is 12.0. The average Bonchev–Trinajstić information content (AvgIpc) is 2.49. The number of aryl methyl sites for hydroxylation is 1. The minimum Gasteiger partial charge on any atom is -0.494 e. The summed E-state index contributed by atoms with van der Waals surface area (Å²) in [6.45, 7) is 7.25. The zero-order chi connectivity index (χ0) is 15.2. The maximum atomic E-state index is 6.49. The number of hydrogen-bond acceptors (Lipinski definition) is 3. The second kappa shape index (κ2) is 7.14. The third-order valence-corrected chi connectivity index (χ3v) is 3.35. The fourth-order valence-corrected chi connectivity index (χ4v) is 2.39. The van der Waals surface area contributed by atoms with Gasteiger partial charge in [0.05, 0.1) is 19.3 Å². The molecule has 2 aromatic rings. The van der Waals surface area contributed by atoms with Crippen LogP contribution in [-0.2, 0) is 0 Å². The van der Waals surface area contributed by atoms with Gasteiger partial charge in [-0.05, 0) is 32.9 Å². The Labute approximate surface area is 126 Å². The summed E-state index contributed by atoms with van der Waals surface area (Å²) in [6, 6.07) is 13.7. The summed E-state index contributed by atoms with van der Waals surface area (Å²) < 4.78 is 11.4. The van der Waals surface area contributed by atoms with Gasteiger partial charge < -0.3 is 15.2 Å². The zero-order valence-electron chi connectivity index (χ0n) is 12.9. The minimum absolute atomic E-state index is 0.269. The van der Waals surface area contributed by atoms with Gasteiger partial charge in [0.25, 0.3) is 0 Å². The van der Waals surface area contributed by atoms with E-state index in [0.29, 0.717) is 13.2 Å². The van der Waals surface area contributed by atoms with E-state index in [1.807, 2.05) is 50.2 Å². The van der Waals surface area contributed by atoms with Crippen molar-refractivity contribution in [2.45, 2.75) is 26.8 Å². The second-order valence-electron chi connectivity index (χ2n) is 4.92. The molecule has 0 amide bonds. The lowest BCUT2D eigenvalue weighted by molar-refractivity contribution is 0.330. The van der Waals surface area contributed by atoms with Crippen LogP contribution in [0, 0.1) is 6.92 Å². The predicted octanol–water partition coefficient (Wildman–Crippen LogP) is 3.84. The second-order valence-corrected chi connectivity index (χ2v) is 4.92. The van der Waals surface area contributed by atoms with Crippen molar-refractivity contribution in [2.75, 3.05) is 13.2 Å². The van der Waals surface area contributed by atoms with Crippen LogP contribution in [0.1, 0.15) is 36.6 Å². The van der Waals surface area contributed by atoms with Crippen LogP contribution in [0.25, 0.3) is 0 Å². The number of hydrogen-bond donors (Lipinski definition) is 1. The number of ether oxygens (including phenoxy) is 2. The highest BCUT2D eigenvalue weighted by atomic mass is 16.5. The molecule has 0 bridgehead atoms. The van der Waals surface area contributed by atoms with Crippen LogP contribution in [0.4, 0.5) is 0 Å². The number of benzene rings is 2. The summed E-state index contributed by atoms with van der Waals surface area (Å²) in [5.74, 6) is 1.67. The molecule has 2 rings (SSSR count). The molecule has 0 heterocycles. The molecule has 2 N–H and O–H groups in total. The van der Waals surface area contributed by atoms with Crippen LogP contribution in [0.2, 0.25) is 0 Å². The van der Waals surface area contributed by atoms with E-state index in [2.05, 4.69) is 13.0 Å². The van der Waals surface area contributed by atoms with Crippen molar-refractivity contribution in [3.05, 3.63) is 59.2 Å². The van der Waals surface area contributed by atoms with Gasteiger partial charge in [-0.15, -0.1) is 0 Å². The van der Waals surface area contributed by atoms with Gasteiger partial charge in [-0.25, -0.2) is 0 Å². The molecule has 0 spiro atoms. The summed E-state index contributed by atoms with van der Waals surface area (Å²) in [6.07, 6.45) is 0. The molecule has 0 aliphatic rings. The largest absolute Gasteiger partial charge is 0.494 e. The molecule has 112 valence electrons. The number of para-hydroxylation sites is 1. The van der Waals surface area contributed by atoms with Crippen LogP contribution in [-0.4, -0.2) is 13.2 Å². The first kappa shape index (κ1) is 15.4. The fourth-order valence-electron chi connectivity index (χ4n) is 2.39. The summed E-state index contributed by atoms with van der Waals surface area (Å²) in [4.78, 5) is 0. The first-order valence-corrected chi connectivity index (χ1v) is 7.38. The molecule has 0 radical (unpaired) electrons. The van der Waals surface area contributed by atoms with Crippen molar-refractivity contribution < 1.29 is 9.47 Å². The van der Waals surface area contributed by atoms with E-state index in [1.165, 1.54) is 0 Å². The molecule has 2 aromatic carbocycles. The van der Waals surface area contributed by atoms with Crippen LogP contribution < -0.4 is 15.2 Å². The van der Waals surface area contributed by atoms with E-state index in [-0.39, 0.29) is 6.04 Å². The first-order valence-electron chi connectivity index (χ1n) is 7.38. The van der Waals surface area contributed by atoms with Crippen molar-refractivity contribution >= 4 is 0 Å². The van der Waals surface area contributed by atoms with Crippen LogP contribution in [0.15, 0.2) is 42.5 Å². The maximum Gasteiger partial charge on any atom is 0.124 e. The zero-order valence-corrected chi connectivity index (χ0v) is 12.9. The van der Waals surface area contributed by atoms with Crippen LogP contribution in [0.5, 0.6) is 11.5 Å². The van der Waals surface area contributed by atoms with Gasteiger partial charge in [0.1, 0.15) is 11.5 Å². The van der Waals surface area contributed by atoms with Crippen molar-refractivity contribution in [2.24, 2.45) is 5.73 Å². The van der Waals surface area contributed by atoms with E-state index >= 15 is 0 Å². The molecule has 0 saturated carbocycles. The quantitative estimate of drug-likeness (QED) is 0.877. The van der Waals surface area contributed by atoms with Gasteiger partial charge in [0, 0.05) is 11.1 Å². The van der Waals surface area contributed by atoms with Gasteiger partial charge in [-0.2, -0.15) is 0 Å². The molecule has 21 heavy (non-hydrogen) atoms. The standard InChI is InChI=1S/C18H23NO2/c1-4-20-16-9-7-6-8-14(16)18(19)15-12-13(3)10-11-17(15)21-5-2/h6-12,18H,4-5,19H2,1-3H3. The molecule has 0 saturated heterocycles. The third kappa shape index (κ3) is 3.56. The topological polar surface area (TPSA) is 44.5 Å². The van der Waals surface area contributed by atoms with Gasteiger partial charge in [-0.3, -0.25) is 0 Å². The minimum atomic E-state index is -0.269. The molecule has 0 aliphatic heterocycles. The number of rotatable bonds is 6. The molecule has 1 unspecified atom stereocenters. The summed E-state index contributed by atoms with van der Waals surface area (Å²) >= 11 is 0. The Bertz CT molecular complexity index is 596. The van der Waals surface area contributed by atoms with Crippen LogP contribution >= 0.6 is 0 Å². The molecule has 1 atom stereocenters. The first-order chi connectivity index (χ1) is 10.2. The van der Waals surface area contributed by atoms with Crippen molar-refractivity contribution in [1.82, 2.24) is 0 Å². The lowest BCUT2D eigenvalue weighted by Gasteiger charge is -2.20. The van der Waals surface area contributed by atoms with E-state index in [0.717, 1.165) is 28.2 Å². The average molecular weight is 285 g/mol. The summed E-state index contributed by atoms with van der Waals surface area (Å²) in [5, 5.41) is 0. The monoisotopic (exact) mass is 285 g/mol. The highest BCUT2D eigenvalue weighted by Gasteiger charge is 2.18. The lowest BCUT2D eigenvalue weighted by Crippen LogP contribution is -2.15. The van der Waals surface area contributed by atoms with Crippen molar-refractivity contribution in [1.29, 1.82) is 0 Å². The van der Waals surface area contributed by atoms with Crippen molar-refractivity contribution in [3.63, 3.8) is 0 Å². The highest BCUT2D eigenvalue weighted by molar-refractivity contribution is 5.47. The number of nitrogens with two attached hydrogens (primary N) is 1. The van der Waals surface area contributed by atoms with Gasteiger partial charge >= 0.3 is 0 Å². The molecule has 0 aliphatic carbocycles.